The van der Waals surface area contributed by atoms with Gasteiger partial charge in [-0.1, -0.05) is 114 Å². The standard InChI is InChI=1S/C35H51NO/c1-3-5-7-8-9-13-27-37-35-25-23-33(24-26-35)32-19-17-31(18-20-32)30(14-6-4-2)21-22-34(28-36)29-15-11-10-12-16-29/h17-20,23-26,29-30,34H,3-16,21-22,27H2,1-2H3. The average Bonchev–Trinajstić information content (AvgIpc) is 2.95. The summed E-state index contributed by atoms with van der Waals surface area (Å²) in [6.07, 6.45) is 20.1. The number of ether oxygens (including phenoxy) is 1. The van der Waals surface area contributed by atoms with Crippen molar-refractivity contribution >= 4 is 0 Å². The second-order valence-corrected chi connectivity index (χ2v) is 11.3. The van der Waals surface area contributed by atoms with Gasteiger partial charge in [0.1, 0.15) is 5.75 Å². The van der Waals surface area contributed by atoms with E-state index in [4.69, 9.17) is 4.74 Å². The molecule has 0 aliphatic heterocycles. The van der Waals surface area contributed by atoms with E-state index in [1.54, 1.807) is 0 Å². The molecule has 2 atom stereocenters. The van der Waals surface area contributed by atoms with Crippen LogP contribution in [0.2, 0.25) is 0 Å². The summed E-state index contributed by atoms with van der Waals surface area (Å²) in [5.74, 6) is 2.40. The molecule has 0 amide bonds. The lowest BCUT2D eigenvalue weighted by atomic mass is 9.77. The van der Waals surface area contributed by atoms with Crippen molar-refractivity contribution in [2.75, 3.05) is 6.61 Å². The van der Waals surface area contributed by atoms with Crippen LogP contribution in [0.4, 0.5) is 0 Å². The summed E-state index contributed by atoms with van der Waals surface area (Å²) in [5.41, 5.74) is 3.94. The molecule has 0 radical (unpaired) electrons. The highest BCUT2D eigenvalue weighted by atomic mass is 16.5. The molecule has 1 aliphatic rings. The molecular weight excluding hydrogens is 450 g/mol. The Hall–Kier alpha value is -2.27. The van der Waals surface area contributed by atoms with Gasteiger partial charge in [-0.2, -0.15) is 5.26 Å². The molecule has 2 aromatic rings. The normalized spacial score (nSPS) is 15.7. The molecule has 2 heteroatoms. The van der Waals surface area contributed by atoms with Gasteiger partial charge in [0.15, 0.2) is 0 Å². The van der Waals surface area contributed by atoms with E-state index in [9.17, 15) is 5.26 Å². The Balaban J connectivity index is 1.52. The zero-order chi connectivity index (χ0) is 26.1. The van der Waals surface area contributed by atoms with Gasteiger partial charge >= 0.3 is 0 Å². The van der Waals surface area contributed by atoms with Crippen molar-refractivity contribution in [1.82, 2.24) is 0 Å². The predicted octanol–water partition coefficient (Wildman–Crippen LogP) is 10.9. The minimum Gasteiger partial charge on any atom is -0.494 e. The van der Waals surface area contributed by atoms with E-state index < -0.39 is 0 Å². The Morgan fingerprint density at radius 2 is 1.35 bits per heavy atom. The van der Waals surface area contributed by atoms with E-state index >= 15 is 0 Å². The molecule has 0 saturated heterocycles. The lowest BCUT2D eigenvalue weighted by molar-refractivity contribution is 0.272. The molecule has 202 valence electrons. The van der Waals surface area contributed by atoms with E-state index in [0.29, 0.717) is 11.8 Å². The average molecular weight is 502 g/mol. The van der Waals surface area contributed by atoms with Gasteiger partial charge in [-0.3, -0.25) is 0 Å². The molecular formula is C35H51NO. The van der Waals surface area contributed by atoms with Gasteiger partial charge in [-0.15, -0.1) is 0 Å². The van der Waals surface area contributed by atoms with Gasteiger partial charge in [-0.25, -0.2) is 0 Å². The van der Waals surface area contributed by atoms with Gasteiger partial charge < -0.3 is 4.74 Å². The lowest BCUT2D eigenvalue weighted by Crippen LogP contribution is -2.17. The maximum atomic E-state index is 9.86. The fourth-order valence-electron chi connectivity index (χ4n) is 6.01. The third-order valence-corrected chi connectivity index (χ3v) is 8.45. The summed E-state index contributed by atoms with van der Waals surface area (Å²) in [7, 11) is 0. The second kappa shape index (κ2) is 17.3. The monoisotopic (exact) mass is 501 g/mol. The van der Waals surface area contributed by atoms with E-state index in [1.807, 2.05) is 0 Å². The van der Waals surface area contributed by atoms with Crippen LogP contribution < -0.4 is 4.74 Å². The van der Waals surface area contributed by atoms with Crippen molar-refractivity contribution in [3.05, 3.63) is 54.1 Å². The van der Waals surface area contributed by atoms with Crippen LogP contribution in [0, 0.1) is 23.2 Å². The smallest absolute Gasteiger partial charge is 0.119 e. The van der Waals surface area contributed by atoms with Gasteiger partial charge in [-0.05, 0) is 79.2 Å². The molecule has 0 heterocycles. The van der Waals surface area contributed by atoms with Crippen LogP contribution in [0.3, 0.4) is 0 Å². The Kier molecular flexibility index (Phi) is 13.7. The van der Waals surface area contributed by atoms with Crippen molar-refractivity contribution in [1.29, 1.82) is 5.26 Å². The molecule has 1 aliphatic carbocycles. The van der Waals surface area contributed by atoms with Gasteiger partial charge in [0.25, 0.3) is 0 Å². The molecule has 0 N–H and O–H groups in total. The quantitative estimate of drug-likeness (QED) is 0.202. The minimum absolute atomic E-state index is 0.241. The lowest BCUT2D eigenvalue weighted by Gasteiger charge is -2.27. The van der Waals surface area contributed by atoms with Crippen LogP contribution in [0.25, 0.3) is 11.1 Å². The molecule has 0 bridgehead atoms. The molecule has 2 nitrogen and oxygen atoms in total. The maximum Gasteiger partial charge on any atom is 0.119 e. The van der Waals surface area contributed by atoms with Gasteiger partial charge in [0.05, 0.1) is 12.7 Å². The van der Waals surface area contributed by atoms with Crippen LogP contribution in [0.1, 0.15) is 128 Å². The first-order valence-electron chi connectivity index (χ1n) is 15.5. The van der Waals surface area contributed by atoms with Crippen molar-refractivity contribution in [3.8, 4) is 22.9 Å². The number of unbranched alkanes of at least 4 members (excludes halogenated alkanes) is 6. The first-order chi connectivity index (χ1) is 18.2. The zero-order valence-corrected chi connectivity index (χ0v) is 23.7. The molecule has 2 unspecified atom stereocenters. The SMILES string of the molecule is CCCCCCCCOc1ccc(-c2ccc(C(CCCC)CCC(C#N)C3CCCCC3)cc2)cc1. The number of rotatable bonds is 17. The highest BCUT2D eigenvalue weighted by Gasteiger charge is 2.24. The first kappa shape index (κ1) is 29.3. The molecule has 0 spiro atoms. The Morgan fingerprint density at radius 1 is 0.730 bits per heavy atom. The molecule has 37 heavy (non-hydrogen) atoms. The number of hydrogen-bond acceptors (Lipinski definition) is 2. The zero-order valence-electron chi connectivity index (χ0n) is 23.7. The Labute approximate surface area is 227 Å². The Morgan fingerprint density at radius 3 is 2.00 bits per heavy atom. The molecule has 3 rings (SSSR count). The van der Waals surface area contributed by atoms with Crippen LogP contribution in [-0.2, 0) is 0 Å². The number of benzene rings is 2. The maximum absolute atomic E-state index is 9.86. The fraction of sp³-hybridized carbons (Fsp3) is 0.629. The van der Waals surface area contributed by atoms with E-state index in [2.05, 4.69) is 68.4 Å². The van der Waals surface area contributed by atoms with Gasteiger partial charge in [0, 0.05) is 5.92 Å². The van der Waals surface area contributed by atoms with Crippen molar-refractivity contribution in [2.24, 2.45) is 11.8 Å². The van der Waals surface area contributed by atoms with Crippen LogP contribution in [-0.4, -0.2) is 6.61 Å². The molecule has 1 saturated carbocycles. The molecule has 2 aromatic carbocycles. The molecule has 1 fully saturated rings. The third kappa shape index (κ3) is 10.2. The summed E-state index contributed by atoms with van der Waals surface area (Å²) in [6.45, 7) is 5.35. The topological polar surface area (TPSA) is 33.0 Å². The van der Waals surface area contributed by atoms with Crippen molar-refractivity contribution < 1.29 is 4.74 Å². The number of nitrogens with zero attached hydrogens (tertiary/aromatic N) is 1. The summed E-state index contributed by atoms with van der Waals surface area (Å²) >= 11 is 0. The summed E-state index contributed by atoms with van der Waals surface area (Å²) in [5, 5.41) is 9.86. The summed E-state index contributed by atoms with van der Waals surface area (Å²) in [4.78, 5) is 0. The van der Waals surface area contributed by atoms with Crippen molar-refractivity contribution in [3.63, 3.8) is 0 Å². The highest BCUT2D eigenvalue weighted by Crippen LogP contribution is 2.36. The van der Waals surface area contributed by atoms with E-state index in [1.165, 1.54) is 100 Å². The van der Waals surface area contributed by atoms with Gasteiger partial charge in [0.2, 0.25) is 0 Å². The number of hydrogen-bond donors (Lipinski definition) is 0. The predicted molar refractivity (Wildman–Crippen MR) is 158 cm³/mol. The first-order valence-corrected chi connectivity index (χ1v) is 15.5. The second-order valence-electron chi connectivity index (χ2n) is 11.3. The van der Waals surface area contributed by atoms with E-state index in [0.717, 1.165) is 31.6 Å². The highest BCUT2D eigenvalue weighted by molar-refractivity contribution is 5.64. The summed E-state index contributed by atoms with van der Waals surface area (Å²) < 4.78 is 5.97. The van der Waals surface area contributed by atoms with E-state index in [-0.39, 0.29) is 5.92 Å². The van der Waals surface area contributed by atoms with Crippen LogP contribution in [0.5, 0.6) is 5.75 Å². The van der Waals surface area contributed by atoms with Crippen LogP contribution in [0.15, 0.2) is 48.5 Å². The molecule has 0 aromatic heterocycles. The van der Waals surface area contributed by atoms with Crippen molar-refractivity contribution in [2.45, 2.75) is 122 Å². The fourth-order valence-corrected chi connectivity index (χ4v) is 6.01. The largest absolute Gasteiger partial charge is 0.494 e. The Bertz CT molecular complexity index is 888. The number of nitriles is 1. The van der Waals surface area contributed by atoms with Crippen LogP contribution >= 0.6 is 0 Å². The minimum atomic E-state index is 0.241. The summed E-state index contributed by atoms with van der Waals surface area (Å²) in [6, 6.07) is 20.5. The third-order valence-electron chi connectivity index (χ3n) is 8.45.